The minimum Gasteiger partial charge on any atom is -0.377 e. The molecule has 2 heterocycles. The normalized spacial score (nSPS) is 33.2. The third-order valence-electron chi connectivity index (χ3n) is 4.74. The van der Waals surface area contributed by atoms with Crippen molar-refractivity contribution in [2.24, 2.45) is 0 Å². The molecule has 0 aromatic heterocycles. The molecule has 2 fully saturated rings. The summed E-state index contributed by atoms with van der Waals surface area (Å²) in [6, 6.07) is 11.4. The molecule has 4 nitrogen and oxygen atoms in total. The van der Waals surface area contributed by atoms with Gasteiger partial charge in [-0.1, -0.05) is 37.3 Å². The smallest absolute Gasteiger partial charge is 0.114 e. The number of nitrogens with one attached hydrogen (secondary N) is 2. The highest BCUT2D eigenvalue weighted by Gasteiger charge is 2.45. The quantitative estimate of drug-likeness (QED) is 0.846. The molecule has 2 saturated heterocycles. The van der Waals surface area contributed by atoms with Crippen LogP contribution in [-0.2, 0) is 15.9 Å². The van der Waals surface area contributed by atoms with Gasteiger partial charge in [0.15, 0.2) is 0 Å². The second-order valence-electron chi connectivity index (χ2n) is 7.28. The molecular weight excluding hydrogens is 288 g/mol. The zero-order chi connectivity index (χ0) is 16.3. The fourth-order valence-corrected chi connectivity index (χ4v) is 3.78. The first-order valence-corrected chi connectivity index (χ1v) is 8.92. The van der Waals surface area contributed by atoms with Crippen LogP contribution in [0.3, 0.4) is 0 Å². The number of rotatable bonds is 6. The predicted octanol–water partition coefficient (Wildman–Crippen LogP) is 2.48. The highest BCUT2D eigenvalue weighted by Crippen LogP contribution is 2.29. The highest BCUT2D eigenvalue weighted by molar-refractivity contribution is 5.17. The molecular formula is C19H30N2O2. The Labute approximate surface area is 139 Å². The van der Waals surface area contributed by atoms with E-state index < -0.39 is 0 Å². The number of benzene rings is 1. The Morgan fingerprint density at radius 2 is 2.04 bits per heavy atom. The zero-order valence-corrected chi connectivity index (χ0v) is 14.5. The van der Waals surface area contributed by atoms with Crippen LogP contribution in [0.1, 0.15) is 39.2 Å². The van der Waals surface area contributed by atoms with Crippen molar-refractivity contribution in [3.05, 3.63) is 35.9 Å². The summed E-state index contributed by atoms with van der Waals surface area (Å²) in [7, 11) is 0. The minimum absolute atomic E-state index is 0.181. The molecule has 2 aliphatic heterocycles. The topological polar surface area (TPSA) is 42.5 Å². The molecule has 2 N–H and O–H groups in total. The van der Waals surface area contributed by atoms with Gasteiger partial charge in [0.1, 0.15) is 5.72 Å². The Hall–Kier alpha value is -0.940. The van der Waals surface area contributed by atoms with Gasteiger partial charge in [-0.3, -0.25) is 5.32 Å². The van der Waals surface area contributed by atoms with E-state index in [1.165, 1.54) is 5.56 Å². The summed E-state index contributed by atoms with van der Waals surface area (Å²) in [6.45, 7) is 8.17. The lowest BCUT2D eigenvalue weighted by Crippen LogP contribution is -2.45. The maximum absolute atomic E-state index is 6.34. The van der Waals surface area contributed by atoms with Gasteiger partial charge < -0.3 is 14.8 Å². The summed E-state index contributed by atoms with van der Waals surface area (Å²) in [6.07, 6.45) is 3.61. The summed E-state index contributed by atoms with van der Waals surface area (Å²) < 4.78 is 12.3. The molecule has 0 aliphatic carbocycles. The number of hydrogen-bond acceptors (Lipinski definition) is 4. The van der Waals surface area contributed by atoms with Crippen LogP contribution < -0.4 is 10.6 Å². The van der Waals surface area contributed by atoms with Crippen LogP contribution in [0.2, 0.25) is 0 Å². The van der Waals surface area contributed by atoms with Crippen LogP contribution in [0, 0.1) is 0 Å². The van der Waals surface area contributed by atoms with Crippen LogP contribution in [0.15, 0.2) is 30.3 Å². The van der Waals surface area contributed by atoms with E-state index in [1.807, 2.05) is 0 Å². The number of ether oxygens (including phenoxy) is 2. The van der Waals surface area contributed by atoms with Gasteiger partial charge in [0.25, 0.3) is 0 Å². The third-order valence-corrected chi connectivity index (χ3v) is 4.74. The monoisotopic (exact) mass is 318 g/mol. The molecule has 3 rings (SSSR count). The van der Waals surface area contributed by atoms with Crippen molar-refractivity contribution in [1.29, 1.82) is 0 Å². The molecule has 0 spiro atoms. The molecule has 0 bridgehead atoms. The van der Waals surface area contributed by atoms with Crippen molar-refractivity contribution < 1.29 is 9.47 Å². The lowest BCUT2D eigenvalue weighted by atomic mass is 9.96. The van der Waals surface area contributed by atoms with Crippen LogP contribution in [0.4, 0.5) is 0 Å². The molecule has 128 valence electrons. The molecule has 23 heavy (non-hydrogen) atoms. The van der Waals surface area contributed by atoms with Crippen LogP contribution >= 0.6 is 0 Å². The molecule has 1 aromatic rings. The van der Waals surface area contributed by atoms with E-state index in [-0.39, 0.29) is 11.8 Å². The lowest BCUT2D eigenvalue weighted by molar-refractivity contribution is -0.0395. The van der Waals surface area contributed by atoms with Crippen LogP contribution in [-0.4, -0.2) is 43.2 Å². The maximum atomic E-state index is 6.34. The van der Waals surface area contributed by atoms with Crippen LogP contribution in [0.5, 0.6) is 0 Å². The molecule has 4 atom stereocenters. The van der Waals surface area contributed by atoms with E-state index in [0.717, 1.165) is 32.4 Å². The third kappa shape index (κ3) is 4.32. The first-order chi connectivity index (χ1) is 11.1. The van der Waals surface area contributed by atoms with Crippen molar-refractivity contribution in [3.8, 4) is 0 Å². The standard InChI is InChI=1S/C19H30N2O2/c1-4-10-22-15-12-16(20-13-15)18-17(21-19(2,3)23-18)11-14-8-6-5-7-9-14/h5-9,15-18,20-21H,4,10-13H2,1-3H3. The molecule has 4 heteroatoms. The molecule has 2 aliphatic rings. The molecule has 1 aromatic carbocycles. The van der Waals surface area contributed by atoms with E-state index in [2.05, 4.69) is 61.7 Å². The largest absolute Gasteiger partial charge is 0.377 e. The summed E-state index contributed by atoms with van der Waals surface area (Å²) in [5.41, 5.74) is 1.09. The Balaban J connectivity index is 1.64. The second-order valence-corrected chi connectivity index (χ2v) is 7.28. The first kappa shape index (κ1) is 16.9. The van der Waals surface area contributed by atoms with Crippen LogP contribution in [0.25, 0.3) is 0 Å². The Bertz CT molecular complexity index is 491. The van der Waals surface area contributed by atoms with Crippen molar-refractivity contribution in [2.45, 2.75) is 70.1 Å². The molecule has 0 saturated carbocycles. The van der Waals surface area contributed by atoms with Gasteiger partial charge in [-0.15, -0.1) is 0 Å². The van der Waals surface area contributed by atoms with Gasteiger partial charge >= 0.3 is 0 Å². The fourth-order valence-electron chi connectivity index (χ4n) is 3.78. The van der Waals surface area contributed by atoms with E-state index >= 15 is 0 Å². The SMILES string of the molecule is CCCOC1CNC(C2OC(C)(C)NC2Cc2ccccc2)C1. The zero-order valence-electron chi connectivity index (χ0n) is 14.5. The van der Waals surface area contributed by atoms with E-state index in [1.54, 1.807) is 0 Å². The fraction of sp³-hybridized carbons (Fsp3) is 0.684. The highest BCUT2D eigenvalue weighted by atomic mass is 16.5. The first-order valence-electron chi connectivity index (χ1n) is 8.92. The molecule has 4 unspecified atom stereocenters. The van der Waals surface area contributed by atoms with Crippen molar-refractivity contribution in [1.82, 2.24) is 10.6 Å². The lowest BCUT2D eigenvalue weighted by Gasteiger charge is -2.24. The van der Waals surface area contributed by atoms with Gasteiger partial charge in [0.2, 0.25) is 0 Å². The van der Waals surface area contributed by atoms with Gasteiger partial charge in [-0.05, 0) is 38.7 Å². The summed E-state index contributed by atoms with van der Waals surface area (Å²) >= 11 is 0. The van der Waals surface area contributed by atoms with Crippen molar-refractivity contribution in [3.63, 3.8) is 0 Å². The molecule has 0 amide bonds. The maximum Gasteiger partial charge on any atom is 0.114 e. The van der Waals surface area contributed by atoms with Gasteiger partial charge in [-0.2, -0.15) is 0 Å². The predicted molar refractivity (Wildman–Crippen MR) is 92.5 cm³/mol. The van der Waals surface area contributed by atoms with E-state index in [9.17, 15) is 0 Å². The van der Waals surface area contributed by atoms with Crippen molar-refractivity contribution in [2.75, 3.05) is 13.2 Å². The number of hydrogen-bond donors (Lipinski definition) is 2. The Morgan fingerprint density at radius 1 is 1.26 bits per heavy atom. The van der Waals surface area contributed by atoms with Gasteiger partial charge in [0.05, 0.1) is 12.2 Å². The van der Waals surface area contributed by atoms with Crippen molar-refractivity contribution >= 4 is 0 Å². The second kappa shape index (κ2) is 7.31. The minimum atomic E-state index is -0.270. The summed E-state index contributed by atoms with van der Waals surface area (Å²) in [5.74, 6) is 0. The Morgan fingerprint density at radius 3 is 2.78 bits per heavy atom. The Kier molecular flexibility index (Phi) is 5.37. The molecule has 0 radical (unpaired) electrons. The van der Waals surface area contributed by atoms with E-state index in [0.29, 0.717) is 18.2 Å². The van der Waals surface area contributed by atoms with Gasteiger partial charge in [0, 0.05) is 25.2 Å². The summed E-state index contributed by atoms with van der Waals surface area (Å²) in [4.78, 5) is 0. The summed E-state index contributed by atoms with van der Waals surface area (Å²) in [5, 5.41) is 7.28. The van der Waals surface area contributed by atoms with E-state index in [4.69, 9.17) is 9.47 Å². The average molecular weight is 318 g/mol. The average Bonchev–Trinajstić information content (AvgIpc) is 3.10. The van der Waals surface area contributed by atoms with Gasteiger partial charge in [-0.25, -0.2) is 0 Å².